The lowest BCUT2D eigenvalue weighted by Crippen LogP contribution is -2.11. The summed E-state index contributed by atoms with van der Waals surface area (Å²) in [5.41, 5.74) is 1.70. The second-order valence-corrected chi connectivity index (χ2v) is 5.42. The largest absolute Gasteiger partial charge is 0.361 e. The number of anilines is 1. The van der Waals surface area contributed by atoms with Gasteiger partial charge in [-0.2, -0.15) is 5.10 Å². The molecule has 7 nitrogen and oxygen atoms in total. The van der Waals surface area contributed by atoms with Crippen LogP contribution in [-0.2, 0) is 4.79 Å². The molecule has 1 aromatic heterocycles. The molecule has 0 bridgehead atoms. The Balaban J connectivity index is 1.89. The van der Waals surface area contributed by atoms with Gasteiger partial charge in [-0.25, -0.2) is 0 Å². The van der Waals surface area contributed by atoms with Gasteiger partial charge in [0.05, 0.1) is 21.1 Å². The number of rotatable bonds is 3. The first-order valence-electron chi connectivity index (χ1n) is 6.22. The number of aromatic nitrogens is 2. The summed E-state index contributed by atoms with van der Waals surface area (Å²) >= 11 is 3.04. The lowest BCUT2D eigenvalue weighted by atomic mass is 10.1. The molecule has 0 saturated carbocycles. The van der Waals surface area contributed by atoms with Crippen LogP contribution >= 0.6 is 15.9 Å². The smallest absolute Gasteiger partial charge is 0.271 e. The number of benzene rings is 1. The summed E-state index contributed by atoms with van der Waals surface area (Å²) < 4.78 is 0.153. The average Bonchev–Trinajstić information content (AvgIpc) is 2.95. The molecule has 1 aliphatic carbocycles. The minimum atomic E-state index is -0.543. The number of ketones is 1. The summed E-state index contributed by atoms with van der Waals surface area (Å²) in [5, 5.41) is 21.5. The van der Waals surface area contributed by atoms with Crippen LogP contribution < -0.4 is 5.32 Å². The van der Waals surface area contributed by atoms with Crippen molar-refractivity contribution in [3.05, 3.63) is 68.6 Å². The van der Waals surface area contributed by atoms with Crippen LogP contribution in [0.5, 0.6) is 0 Å². The molecule has 110 valence electrons. The molecule has 0 unspecified atom stereocenters. The van der Waals surface area contributed by atoms with E-state index in [9.17, 15) is 14.9 Å². The minimum Gasteiger partial charge on any atom is -0.361 e. The molecule has 1 heterocycles. The molecule has 0 saturated heterocycles. The number of nitro groups is 1. The maximum Gasteiger partial charge on any atom is 0.271 e. The highest BCUT2D eigenvalue weighted by Crippen LogP contribution is 2.24. The van der Waals surface area contributed by atoms with Crippen LogP contribution in [0.3, 0.4) is 0 Å². The Labute approximate surface area is 132 Å². The normalized spacial score (nSPS) is 16.6. The number of halogens is 1. The van der Waals surface area contributed by atoms with Crippen molar-refractivity contribution in [3.63, 3.8) is 0 Å². The van der Waals surface area contributed by atoms with Crippen molar-refractivity contribution in [2.75, 3.05) is 5.32 Å². The molecule has 22 heavy (non-hydrogen) atoms. The summed E-state index contributed by atoms with van der Waals surface area (Å²) in [7, 11) is 0. The number of nitrogens with zero attached hydrogens (tertiary/aromatic N) is 2. The van der Waals surface area contributed by atoms with E-state index >= 15 is 0 Å². The van der Waals surface area contributed by atoms with Crippen LogP contribution in [0.4, 0.5) is 5.69 Å². The topological polar surface area (TPSA) is 101 Å². The van der Waals surface area contributed by atoms with Crippen LogP contribution in [0.2, 0.25) is 0 Å². The predicted molar refractivity (Wildman–Crippen MR) is 84.9 cm³/mol. The Kier molecular flexibility index (Phi) is 3.60. The Morgan fingerprint density at radius 1 is 1.36 bits per heavy atom. The van der Waals surface area contributed by atoms with E-state index in [4.69, 9.17) is 0 Å². The molecule has 0 radical (unpaired) electrons. The summed E-state index contributed by atoms with van der Waals surface area (Å²) in [6, 6.07) is 5.51. The number of H-pyrrole nitrogens is 1. The van der Waals surface area contributed by atoms with Crippen molar-refractivity contribution in [3.8, 4) is 0 Å². The fourth-order valence-electron chi connectivity index (χ4n) is 2.01. The zero-order valence-corrected chi connectivity index (χ0v) is 12.6. The molecule has 1 aliphatic rings. The van der Waals surface area contributed by atoms with Crippen LogP contribution in [-0.4, -0.2) is 20.9 Å². The lowest BCUT2D eigenvalue weighted by molar-refractivity contribution is -0.419. The van der Waals surface area contributed by atoms with Gasteiger partial charge in [0.2, 0.25) is 5.78 Å². The summed E-state index contributed by atoms with van der Waals surface area (Å²) in [6.07, 6.45) is 5.55. The maximum atomic E-state index is 12.0. The number of fused-ring (bicyclic) bond motifs is 1. The number of nitrogens with one attached hydrogen (secondary N) is 2. The zero-order valence-electron chi connectivity index (χ0n) is 11.0. The monoisotopic (exact) mass is 360 g/mol. The quantitative estimate of drug-likeness (QED) is 0.497. The third kappa shape index (κ3) is 2.68. The molecule has 2 N–H and O–H groups in total. The van der Waals surface area contributed by atoms with Gasteiger partial charge in [-0.1, -0.05) is 0 Å². The fraction of sp³-hybridized carbons (Fsp3) is 0. The Hall–Kier alpha value is -2.74. The molecule has 0 atom stereocenters. The number of hydrogen-bond acceptors (Lipinski definition) is 5. The van der Waals surface area contributed by atoms with Crippen LogP contribution in [0.1, 0.15) is 0 Å². The van der Waals surface area contributed by atoms with E-state index in [-0.39, 0.29) is 21.5 Å². The Bertz CT molecular complexity index is 879. The summed E-state index contributed by atoms with van der Waals surface area (Å²) in [6.45, 7) is 0. The van der Waals surface area contributed by atoms with Gasteiger partial charge in [-0.15, -0.1) is 0 Å². The van der Waals surface area contributed by atoms with E-state index in [2.05, 4.69) is 31.4 Å². The maximum absolute atomic E-state index is 12.0. The van der Waals surface area contributed by atoms with E-state index < -0.39 is 4.92 Å². The first kappa shape index (κ1) is 14.2. The minimum absolute atomic E-state index is 0.148. The highest BCUT2D eigenvalue weighted by molar-refractivity contribution is 9.12. The molecule has 0 fully saturated rings. The molecule has 2 aromatic rings. The van der Waals surface area contributed by atoms with Gasteiger partial charge in [0.15, 0.2) is 0 Å². The van der Waals surface area contributed by atoms with E-state index in [1.54, 1.807) is 6.20 Å². The first-order chi connectivity index (χ1) is 10.5. The lowest BCUT2D eigenvalue weighted by Gasteiger charge is -2.08. The van der Waals surface area contributed by atoms with E-state index in [0.29, 0.717) is 0 Å². The van der Waals surface area contributed by atoms with E-state index in [1.165, 1.54) is 18.4 Å². The molecule has 8 heteroatoms. The van der Waals surface area contributed by atoms with Gasteiger partial charge in [-0.3, -0.25) is 20.0 Å². The summed E-state index contributed by atoms with van der Waals surface area (Å²) in [5.74, 6) is -0.317. The van der Waals surface area contributed by atoms with Gasteiger partial charge in [0.25, 0.3) is 5.70 Å². The molecular formula is C14H9BrN4O3. The van der Waals surface area contributed by atoms with Crippen molar-refractivity contribution in [1.82, 2.24) is 10.2 Å². The SMILES string of the molecule is O=C1C(Br)=CC([N+](=O)[O-])=C/C1=C\Nc1ccc2[nH]ncc2c1. The molecule has 1 aromatic carbocycles. The summed E-state index contributed by atoms with van der Waals surface area (Å²) in [4.78, 5) is 22.3. The van der Waals surface area contributed by atoms with Gasteiger partial charge < -0.3 is 5.32 Å². The Morgan fingerprint density at radius 2 is 2.18 bits per heavy atom. The second kappa shape index (κ2) is 5.57. The molecule has 0 spiro atoms. The third-order valence-corrected chi connectivity index (χ3v) is 3.69. The number of allylic oxidation sites excluding steroid dienone is 4. The average molecular weight is 361 g/mol. The number of aromatic amines is 1. The van der Waals surface area contributed by atoms with Crippen molar-refractivity contribution in [2.45, 2.75) is 0 Å². The molecular weight excluding hydrogens is 352 g/mol. The van der Waals surface area contributed by atoms with E-state index in [1.807, 2.05) is 18.2 Å². The molecule has 0 aliphatic heterocycles. The number of Topliss-reactive ketones (excluding diaryl/α,β-unsaturated/α-hetero) is 1. The first-order valence-corrected chi connectivity index (χ1v) is 7.02. The van der Waals surface area contributed by atoms with Crippen LogP contribution in [0.15, 0.2) is 58.5 Å². The standard InChI is InChI=1S/C14H9BrN4O3/c15-12-5-11(19(21)22)4-9(14(12)20)6-16-10-1-2-13-8(3-10)7-17-18-13/h1-7,16H,(H,17,18)/b9-6+. The van der Waals surface area contributed by atoms with Gasteiger partial charge >= 0.3 is 0 Å². The highest BCUT2D eigenvalue weighted by atomic mass is 79.9. The molecule has 0 amide bonds. The third-order valence-electron chi connectivity index (χ3n) is 3.10. The molecule has 3 rings (SSSR count). The number of carbonyl (C=O) groups is 1. The van der Waals surface area contributed by atoms with E-state index in [0.717, 1.165) is 16.6 Å². The Morgan fingerprint density at radius 3 is 2.95 bits per heavy atom. The van der Waals surface area contributed by atoms with Crippen molar-refractivity contribution in [1.29, 1.82) is 0 Å². The van der Waals surface area contributed by atoms with Crippen LogP contribution in [0.25, 0.3) is 10.9 Å². The fourth-order valence-corrected chi connectivity index (χ4v) is 2.47. The zero-order chi connectivity index (χ0) is 15.7. The number of carbonyl (C=O) groups excluding carboxylic acids is 1. The second-order valence-electron chi connectivity index (χ2n) is 4.56. The number of hydrogen-bond donors (Lipinski definition) is 2. The van der Waals surface area contributed by atoms with Crippen molar-refractivity contribution < 1.29 is 9.72 Å². The predicted octanol–water partition coefficient (Wildman–Crippen LogP) is 2.88. The van der Waals surface area contributed by atoms with Crippen molar-refractivity contribution >= 4 is 38.3 Å². The van der Waals surface area contributed by atoms with Gasteiger partial charge in [0, 0.05) is 35.0 Å². The highest BCUT2D eigenvalue weighted by Gasteiger charge is 2.23. The van der Waals surface area contributed by atoms with Crippen molar-refractivity contribution in [2.24, 2.45) is 0 Å². The van der Waals surface area contributed by atoms with Gasteiger partial charge in [0.1, 0.15) is 0 Å². The van der Waals surface area contributed by atoms with Crippen LogP contribution in [0, 0.1) is 10.1 Å². The van der Waals surface area contributed by atoms with Gasteiger partial charge in [-0.05, 0) is 34.1 Å².